The van der Waals surface area contributed by atoms with Crippen LogP contribution in [0.5, 0.6) is 5.75 Å². The van der Waals surface area contributed by atoms with Gasteiger partial charge in [-0.1, -0.05) is 38.1 Å². The molecule has 0 saturated carbocycles. The number of pyridine rings is 1. The van der Waals surface area contributed by atoms with Crippen LogP contribution in [0.3, 0.4) is 0 Å². The van der Waals surface area contributed by atoms with E-state index in [-0.39, 0.29) is 5.91 Å². The molecule has 0 aliphatic rings. The maximum atomic E-state index is 12.8. The zero-order valence-electron chi connectivity index (χ0n) is 19.4. The molecule has 2 aromatic heterocycles. The van der Waals surface area contributed by atoms with E-state index in [4.69, 9.17) is 9.72 Å². The van der Waals surface area contributed by atoms with Crippen molar-refractivity contribution in [3.05, 3.63) is 90.0 Å². The topological polar surface area (TPSA) is 60.2 Å². The molecule has 0 aliphatic carbocycles. The molecule has 0 saturated heterocycles. The quantitative estimate of drug-likeness (QED) is 0.330. The molecule has 0 bridgehead atoms. The van der Waals surface area contributed by atoms with Gasteiger partial charge in [-0.05, 0) is 54.3 Å². The second-order valence-corrected chi connectivity index (χ2v) is 8.49. The van der Waals surface area contributed by atoms with Gasteiger partial charge in [0, 0.05) is 31.5 Å². The molecule has 0 radical (unpaired) electrons. The van der Waals surface area contributed by atoms with Gasteiger partial charge in [-0.15, -0.1) is 0 Å². The molecule has 170 valence electrons. The Morgan fingerprint density at radius 3 is 2.48 bits per heavy atom. The molecule has 33 heavy (non-hydrogen) atoms. The highest BCUT2D eigenvalue weighted by molar-refractivity contribution is 5.93. The predicted octanol–water partition coefficient (Wildman–Crippen LogP) is 5.30. The number of hydrogen-bond acceptors (Lipinski definition) is 4. The molecule has 2 aromatic carbocycles. The third-order valence-electron chi connectivity index (χ3n) is 5.73. The molecule has 1 amide bonds. The van der Waals surface area contributed by atoms with Gasteiger partial charge in [0.2, 0.25) is 0 Å². The van der Waals surface area contributed by atoms with Crippen molar-refractivity contribution in [2.75, 3.05) is 13.7 Å². The number of benzene rings is 2. The maximum Gasteiger partial charge on any atom is 0.254 e. The Bertz CT molecular complexity index is 1200. The van der Waals surface area contributed by atoms with Crippen molar-refractivity contribution in [2.45, 2.75) is 39.3 Å². The van der Waals surface area contributed by atoms with Gasteiger partial charge >= 0.3 is 0 Å². The summed E-state index contributed by atoms with van der Waals surface area (Å²) in [7, 11) is 1.80. The van der Waals surface area contributed by atoms with Crippen LogP contribution in [0.1, 0.15) is 47.9 Å². The molecule has 4 rings (SSSR count). The number of imidazole rings is 1. The van der Waals surface area contributed by atoms with Crippen molar-refractivity contribution in [1.82, 2.24) is 19.4 Å². The molecule has 0 unspecified atom stereocenters. The summed E-state index contributed by atoms with van der Waals surface area (Å²) in [6.07, 6.45) is 4.10. The number of carbonyl (C=O) groups is 1. The van der Waals surface area contributed by atoms with Gasteiger partial charge < -0.3 is 14.2 Å². The largest absolute Gasteiger partial charge is 0.494 e. The van der Waals surface area contributed by atoms with E-state index in [1.165, 1.54) is 5.56 Å². The van der Waals surface area contributed by atoms with Crippen LogP contribution in [0.2, 0.25) is 0 Å². The Balaban J connectivity index is 1.43. The van der Waals surface area contributed by atoms with Gasteiger partial charge in [0.25, 0.3) is 5.91 Å². The lowest BCUT2D eigenvalue weighted by molar-refractivity contribution is 0.0780. The van der Waals surface area contributed by atoms with E-state index < -0.39 is 0 Å². The second-order valence-electron chi connectivity index (χ2n) is 8.49. The summed E-state index contributed by atoms with van der Waals surface area (Å²) in [4.78, 5) is 23.3. The molecule has 0 N–H and O–H groups in total. The summed E-state index contributed by atoms with van der Waals surface area (Å²) >= 11 is 0. The van der Waals surface area contributed by atoms with E-state index in [9.17, 15) is 4.79 Å². The standard InChI is InChI=1S/C27H30N4O2/c1-20(2)21-9-11-23(12-10-21)33-18-6-17-31-25-8-5-4-7-24(25)29-26(31)19-30(3)27(32)22-13-15-28-16-14-22/h4-5,7-16,20H,6,17-19H2,1-3H3. The number of fused-ring (bicyclic) bond motifs is 1. The van der Waals surface area contributed by atoms with Gasteiger partial charge in [-0.3, -0.25) is 9.78 Å². The van der Waals surface area contributed by atoms with Crippen molar-refractivity contribution >= 4 is 16.9 Å². The summed E-state index contributed by atoms with van der Waals surface area (Å²) in [5.74, 6) is 2.21. The lowest BCUT2D eigenvalue weighted by Crippen LogP contribution is -2.28. The van der Waals surface area contributed by atoms with Crippen LogP contribution in [0.25, 0.3) is 11.0 Å². The summed E-state index contributed by atoms with van der Waals surface area (Å²) in [5, 5.41) is 0. The van der Waals surface area contributed by atoms with E-state index >= 15 is 0 Å². The van der Waals surface area contributed by atoms with Gasteiger partial charge in [-0.25, -0.2) is 4.98 Å². The number of ether oxygens (including phenoxy) is 1. The molecule has 0 fully saturated rings. The van der Waals surface area contributed by atoms with Gasteiger partial charge in [0.1, 0.15) is 11.6 Å². The average molecular weight is 443 g/mol. The summed E-state index contributed by atoms with van der Waals surface area (Å²) in [5.41, 5.74) is 3.93. The monoisotopic (exact) mass is 442 g/mol. The Morgan fingerprint density at radius 2 is 1.76 bits per heavy atom. The predicted molar refractivity (Wildman–Crippen MR) is 130 cm³/mol. The van der Waals surface area contributed by atoms with Crippen molar-refractivity contribution < 1.29 is 9.53 Å². The van der Waals surface area contributed by atoms with Gasteiger partial charge in [0.15, 0.2) is 0 Å². The number of aryl methyl sites for hydroxylation is 1. The lowest BCUT2D eigenvalue weighted by Gasteiger charge is -2.18. The molecule has 2 heterocycles. The van der Waals surface area contributed by atoms with E-state index in [2.05, 4.69) is 41.6 Å². The summed E-state index contributed by atoms with van der Waals surface area (Å²) < 4.78 is 8.16. The smallest absolute Gasteiger partial charge is 0.254 e. The van der Waals surface area contributed by atoms with Crippen molar-refractivity contribution in [2.24, 2.45) is 0 Å². The molecule has 6 nitrogen and oxygen atoms in total. The minimum absolute atomic E-state index is 0.0517. The third kappa shape index (κ3) is 5.40. The van der Waals surface area contributed by atoms with E-state index in [0.717, 1.165) is 35.6 Å². The number of hydrogen-bond donors (Lipinski definition) is 0. The first-order valence-electron chi connectivity index (χ1n) is 11.4. The fraction of sp³-hybridized carbons (Fsp3) is 0.296. The highest BCUT2D eigenvalue weighted by Crippen LogP contribution is 2.20. The Hall–Kier alpha value is -3.67. The van der Waals surface area contributed by atoms with Crippen molar-refractivity contribution in [1.29, 1.82) is 0 Å². The minimum Gasteiger partial charge on any atom is -0.494 e. The van der Waals surface area contributed by atoms with E-state index in [1.54, 1.807) is 36.5 Å². The number of amides is 1. The Labute approximate surface area is 194 Å². The zero-order chi connectivity index (χ0) is 23.2. The van der Waals surface area contributed by atoms with Crippen LogP contribution in [0, 0.1) is 0 Å². The van der Waals surface area contributed by atoms with Crippen molar-refractivity contribution in [3.63, 3.8) is 0 Å². The highest BCUT2D eigenvalue weighted by atomic mass is 16.5. The first-order valence-corrected chi connectivity index (χ1v) is 11.4. The van der Waals surface area contributed by atoms with Crippen LogP contribution in [0.15, 0.2) is 73.1 Å². The van der Waals surface area contributed by atoms with Crippen LogP contribution in [-0.2, 0) is 13.1 Å². The highest BCUT2D eigenvalue weighted by Gasteiger charge is 2.17. The fourth-order valence-corrected chi connectivity index (χ4v) is 3.86. The van der Waals surface area contributed by atoms with E-state index in [1.807, 2.05) is 30.3 Å². The SMILES string of the molecule is CC(C)c1ccc(OCCCn2c(CN(C)C(=O)c3ccncc3)nc3ccccc32)cc1. The molecule has 6 heteroatoms. The molecule has 0 spiro atoms. The first-order chi connectivity index (χ1) is 16.0. The number of para-hydroxylation sites is 2. The number of nitrogens with zero attached hydrogens (tertiary/aromatic N) is 4. The number of rotatable bonds is 9. The Morgan fingerprint density at radius 1 is 1.03 bits per heavy atom. The number of carbonyl (C=O) groups excluding carboxylic acids is 1. The molecule has 4 aromatic rings. The molecule has 0 atom stereocenters. The Kier molecular flexibility index (Phi) is 7.03. The van der Waals surface area contributed by atoms with Gasteiger partial charge in [-0.2, -0.15) is 0 Å². The summed E-state index contributed by atoms with van der Waals surface area (Å²) in [6, 6.07) is 19.9. The van der Waals surface area contributed by atoms with Crippen LogP contribution < -0.4 is 4.74 Å². The van der Waals surface area contributed by atoms with Crippen molar-refractivity contribution in [3.8, 4) is 5.75 Å². The molecular formula is C27H30N4O2. The maximum absolute atomic E-state index is 12.8. The molecular weight excluding hydrogens is 412 g/mol. The normalized spacial score (nSPS) is 11.2. The number of aromatic nitrogens is 3. The third-order valence-corrected chi connectivity index (χ3v) is 5.73. The van der Waals surface area contributed by atoms with Crippen LogP contribution >= 0.6 is 0 Å². The van der Waals surface area contributed by atoms with E-state index in [0.29, 0.717) is 24.6 Å². The molecule has 0 aliphatic heterocycles. The average Bonchev–Trinajstić information content (AvgIpc) is 3.19. The zero-order valence-corrected chi connectivity index (χ0v) is 19.4. The lowest BCUT2D eigenvalue weighted by atomic mass is 10.0. The fourth-order valence-electron chi connectivity index (χ4n) is 3.86. The summed E-state index contributed by atoms with van der Waals surface area (Å²) in [6.45, 7) is 6.17. The van der Waals surface area contributed by atoms with Gasteiger partial charge in [0.05, 0.1) is 24.2 Å². The van der Waals surface area contributed by atoms with Crippen LogP contribution in [-0.4, -0.2) is 39.0 Å². The first kappa shape index (κ1) is 22.5. The minimum atomic E-state index is -0.0517. The second kappa shape index (κ2) is 10.3. The van der Waals surface area contributed by atoms with Crippen LogP contribution in [0.4, 0.5) is 0 Å².